The number of rotatable bonds is 4. The van der Waals surface area contributed by atoms with Crippen LogP contribution in [0.5, 0.6) is 0 Å². The molecule has 0 atom stereocenters. The number of hydrogen-bond donors (Lipinski definition) is 0. The molecule has 2 rings (SSSR count). The molecule has 0 fully saturated rings. The predicted octanol–water partition coefficient (Wildman–Crippen LogP) is 3.91. The van der Waals surface area contributed by atoms with Crippen LogP contribution in [0.25, 0.3) is 5.57 Å². The summed E-state index contributed by atoms with van der Waals surface area (Å²) in [4.78, 5) is 3.89. The second-order valence-electron chi connectivity index (χ2n) is 4.51. The largest absolute Gasteiger partial charge is 0.299 e. The maximum Gasteiger partial charge on any atom is 0.0169 e. The van der Waals surface area contributed by atoms with Gasteiger partial charge in [-0.15, -0.1) is 11.8 Å². The van der Waals surface area contributed by atoms with Crippen LogP contribution in [-0.2, 0) is 0 Å². The Morgan fingerprint density at radius 1 is 1.35 bits per heavy atom. The Balaban J connectivity index is 2.08. The van der Waals surface area contributed by atoms with E-state index >= 15 is 0 Å². The van der Waals surface area contributed by atoms with E-state index in [9.17, 15) is 0 Å². The minimum Gasteiger partial charge on any atom is -0.299 e. The molecule has 0 saturated carbocycles. The molecule has 1 aliphatic rings. The molecule has 0 spiro atoms. The molecule has 1 aromatic carbocycles. The summed E-state index contributed by atoms with van der Waals surface area (Å²) >= 11 is 1.82. The van der Waals surface area contributed by atoms with E-state index in [1.54, 1.807) is 0 Å². The van der Waals surface area contributed by atoms with Crippen LogP contribution in [0.2, 0.25) is 0 Å². The van der Waals surface area contributed by atoms with Gasteiger partial charge in [0.2, 0.25) is 0 Å². The van der Waals surface area contributed by atoms with Gasteiger partial charge in [0.25, 0.3) is 0 Å². The van der Waals surface area contributed by atoms with E-state index in [4.69, 9.17) is 0 Å². The normalized spacial score (nSPS) is 16.9. The topological polar surface area (TPSA) is 3.24 Å². The lowest BCUT2D eigenvalue weighted by molar-refractivity contribution is 0.302. The van der Waals surface area contributed by atoms with E-state index in [2.05, 4.69) is 48.4 Å². The van der Waals surface area contributed by atoms with Gasteiger partial charge in [-0.05, 0) is 48.9 Å². The third-order valence-electron chi connectivity index (χ3n) is 3.27. The van der Waals surface area contributed by atoms with E-state index in [0.29, 0.717) is 0 Å². The van der Waals surface area contributed by atoms with Gasteiger partial charge >= 0.3 is 0 Å². The van der Waals surface area contributed by atoms with E-state index < -0.39 is 0 Å². The van der Waals surface area contributed by atoms with Crippen LogP contribution in [0.4, 0.5) is 0 Å². The molecular weight excluding hydrogens is 226 g/mol. The molecule has 0 bridgehead atoms. The van der Waals surface area contributed by atoms with Crippen molar-refractivity contribution >= 4 is 17.3 Å². The van der Waals surface area contributed by atoms with Crippen molar-refractivity contribution in [3.8, 4) is 0 Å². The minimum absolute atomic E-state index is 1.12. The van der Waals surface area contributed by atoms with Gasteiger partial charge in [-0.25, -0.2) is 0 Å². The molecule has 0 aromatic heterocycles. The van der Waals surface area contributed by atoms with Crippen molar-refractivity contribution in [2.45, 2.75) is 24.7 Å². The third kappa shape index (κ3) is 3.36. The van der Waals surface area contributed by atoms with E-state index in [1.165, 1.54) is 42.0 Å². The van der Waals surface area contributed by atoms with E-state index in [0.717, 1.165) is 6.54 Å². The highest BCUT2D eigenvalue weighted by atomic mass is 32.2. The van der Waals surface area contributed by atoms with Crippen LogP contribution in [0.15, 0.2) is 35.2 Å². The molecule has 1 heterocycles. The zero-order chi connectivity index (χ0) is 12.1. The van der Waals surface area contributed by atoms with Crippen molar-refractivity contribution < 1.29 is 0 Å². The maximum atomic E-state index is 2.53. The average Bonchev–Trinajstić information content (AvgIpc) is 2.40. The van der Waals surface area contributed by atoms with Crippen molar-refractivity contribution in [1.29, 1.82) is 0 Å². The van der Waals surface area contributed by atoms with Crippen molar-refractivity contribution in [3.05, 3.63) is 35.9 Å². The zero-order valence-electron chi connectivity index (χ0n) is 10.8. The Morgan fingerprint density at radius 2 is 2.24 bits per heavy atom. The highest BCUT2D eigenvalue weighted by Crippen LogP contribution is 2.25. The fourth-order valence-corrected chi connectivity index (χ4v) is 2.77. The molecule has 0 amide bonds. The number of nitrogens with zero attached hydrogens (tertiary/aromatic N) is 1. The first kappa shape index (κ1) is 12.7. The van der Waals surface area contributed by atoms with Crippen LogP contribution in [0.3, 0.4) is 0 Å². The molecule has 0 radical (unpaired) electrons. The smallest absolute Gasteiger partial charge is 0.0169 e. The maximum absolute atomic E-state index is 2.53. The fraction of sp³-hybridized carbons (Fsp3) is 0.467. The van der Waals surface area contributed by atoms with Gasteiger partial charge in [0.15, 0.2) is 0 Å². The van der Waals surface area contributed by atoms with Crippen molar-refractivity contribution in [1.82, 2.24) is 4.90 Å². The monoisotopic (exact) mass is 247 g/mol. The summed E-state index contributed by atoms with van der Waals surface area (Å²) < 4.78 is 0. The first-order chi connectivity index (χ1) is 8.33. The third-order valence-corrected chi connectivity index (χ3v) is 4.00. The Labute approximate surface area is 109 Å². The van der Waals surface area contributed by atoms with Crippen LogP contribution >= 0.6 is 11.8 Å². The zero-order valence-corrected chi connectivity index (χ0v) is 11.6. The molecule has 92 valence electrons. The molecule has 2 heteroatoms. The molecule has 0 aliphatic carbocycles. The van der Waals surface area contributed by atoms with Gasteiger partial charge in [0.1, 0.15) is 0 Å². The second-order valence-corrected chi connectivity index (χ2v) is 5.39. The Kier molecular flexibility index (Phi) is 4.69. The van der Waals surface area contributed by atoms with Gasteiger partial charge in [-0.2, -0.15) is 0 Å². The number of benzene rings is 1. The van der Waals surface area contributed by atoms with Gasteiger partial charge in [0, 0.05) is 18.0 Å². The molecule has 0 saturated heterocycles. The average molecular weight is 247 g/mol. The van der Waals surface area contributed by atoms with Crippen molar-refractivity contribution in [2.24, 2.45) is 0 Å². The quantitative estimate of drug-likeness (QED) is 0.742. The Morgan fingerprint density at radius 3 is 2.88 bits per heavy atom. The molecule has 17 heavy (non-hydrogen) atoms. The SMILES string of the molecule is CCCN1CC=C(c2cccc(SC)c2)CC1. The van der Waals surface area contributed by atoms with Crippen LogP contribution in [0.1, 0.15) is 25.3 Å². The standard InChI is InChI=1S/C15H21NS/c1-3-9-16-10-7-13(8-11-16)14-5-4-6-15(12-14)17-2/h4-7,12H,3,8-11H2,1-2H3. The lowest BCUT2D eigenvalue weighted by Gasteiger charge is -2.26. The summed E-state index contributed by atoms with van der Waals surface area (Å²) in [6.07, 6.45) is 6.99. The van der Waals surface area contributed by atoms with Crippen molar-refractivity contribution in [2.75, 3.05) is 25.9 Å². The highest BCUT2D eigenvalue weighted by Gasteiger charge is 2.11. The lowest BCUT2D eigenvalue weighted by Crippen LogP contribution is -2.29. The van der Waals surface area contributed by atoms with Gasteiger partial charge in [0.05, 0.1) is 0 Å². The first-order valence-electron chi connectivity index (χ1n) is 6.39. The summed E-state index contributed by atoms with van der Waals surface area (Å²) in [5, 5.41) is 0. The first-order valence-corrected chi connectivity index (χ1v) is 7.61. The molecule has 0 N–H and O–H groups in total. The van der Waals surface area contributed by atoms with Crippen LogP contribution < -0.4 is 0 Å². The van der Waals surface area contributed by atoms with E-state index in [-0.39, 0.29) is 0 Å². The molecule has 1 aromatic rings. The Hall–Kier alpha value is -0.730. The summed E-state index contributed by atoms with van der Waals surface area (Å²) in [5.41, 5.74) is 2.93. The molecular formula is C15H21NS. The van der Waals surface area contributed by atoms with Crippen LogP contribution in [-0.4, -0.2) is 30.8 Å². The summed E-state index contributed by atoms with van der Waals surface area (Å²) in [6.45, 7) is 5.81. The summed E-state index contributed by atoms with van der Waals surface area (Å²) in [7, 11) is 0. The van der Waals surface area contributed by atoms with Gasteiger partial charge in [-0.3, -0.25) is 4.90 Å². The summed E-state index contributed by atoms with van der Waals surface area (Å²) in [6, 6.07) is 8.90. The molecule has 0 unspecified atom stereocenters. The predicted molar refractivity (Wildman–Crippen MR) is 77.5 cm³/mol. The fourth-order valence-electron chi connectivity index (χ4n) is 2.32. The van der Waals surface area contributed by atoms with Crippen molar-refractivity contribution in [3.63, 3.8) is 0 Å². The minimum atomic E-state index is 1.12. The summed E-state index contributed by atoms with van der Waals surface area (Å²) in [5.74, 6) is 0. The number of hydrogen-bond acceptors (Lipinski definition) is 2. The van der Waals surface area contributed by atoms with Gasteiger partial charge in [-0.1, -0.05) is 25.1 Å². The Bertz CT molecular complexity index is 398. The van der Waals surface area contributed by atoms with Gasteiger partial charge < -0.3 is 0 Å². The second kappa shape index (κ2) is 6.27. The molecule has 1 nitrogen and oxygen atoms in total. The number of thioether (sulfide) groups is 1. The highest BCUT2D eigenvalue weighted by molar-refractivity contribution is 7.98. The van der Waals surface area contributed by atoms with E-state index in [1.807, 2.05) is 11.8 Å². The molecule has 1 aliphatic heterocycles. The van der Waals surface area contributed by atoms with Crippen LogP contribution in [0, 0.1) is 0 Å². The lowest BCUT2D eigenvalue weighted by atomic mass is 9.99.